The summed E-state index contributed by atoms with van der Waals surface area (Å²) in [7, 11) is 0. The quantitative estimate of drug-likeness (QED) is 0.561. The highest BCUT2D eigenvalue weighted by atomic mass is 16.5. The summed E-state index contributed by atoms with van der Waals surface area (Å²) in [6.45, 7) is 0.372. The Morgan fingerprint density at radius 1 is 1.20 bits per heavy atom. The summed E-state index contributed by atoms with van der Waals surface area (Å²) in [6.07, 6.45) is 6.65. The van der Waals surface area contributed by atoms with E-state index in [0.717, 1.165) is 6.42 Å². The van der Waals surface area contributed by atoms with Gasteiger partial charge in [-0.25, -0.2) is 0 Å². The van der Waals surface area contributed by atoms with Gasteiger partial charge in [-0.1, -0.05) is 32.1 Å². The van der Waals surface area contributed by atoms with Gasteiger partial charge >= 0.3 is 11.9 Å². The number of carboxylic acids is 1. The first-order chi connectivity index (χ1) is 7.18. The van der Waals surface area contributed by atoms with E-state index in [1.165, 1.54) is 32.1 Å². The molecule has 0 amide bonds. The van der Waals surface area contributed by atoms with Gasteiger partial charge in [0.1, 0.15) is 6.42 Å². The lowest BCUT2D eigenvalue weighted by Gasteiger charge is -2.20. The number of carbonyl (C=O) groups excluding carboxylic acids is 1. The molecule has 0 bridgehead atoms. The van der Waals surface area contributed by atoms with Crippen LogP contribution in [0.1, 0.15) is 44.9 Å². The number of ether oxygens (including phenoxy) is 1. The molecule has 1 saturated carbocycles. The van der Waals surface area contributed by atoms with Gasteiger partial charge in [0.15, 0.2) is 0 Å². The summed E-state index contributed by atoms with van der Waals surface area (Å²) < 4.78 is 4.84. The van der Waals surface area contributed by atoms with Gasteiger partial charge in [-0.2, -0.15) is 0 Å². The molecule has 0 heterocycles. The maximum absolute atomic E-state index is 10.9. The molecule has 1 N–H and O–H groups in total. The summed E-state index contributed by atoms with van der Waals surface area (Å²) in [5.74, 6) is -1.09. The van der Waals surface area contributed by atoms with Gasteiger partial charge in [0, 0.05) is 0 Å². The number of carbonyl (C=O) groups is 2. The standard InChI is InChI=1S/C11H18O4/c12-10(13)8-11(14)15-7-6-9-4-2-1-3-5-9/h9H,1-8H2,(H,12,13). The van der Waals surface area contributed by atoms with Crippen molar-refractivity contribution >= 4 is 11.9 Å². The summed E-state index contributed by atoms with van der Waals surface area (Å²) in [6, 6.07) is 0. The van der Waals surface area contributed by atoms with Crippen molar-refractivity contribution in [2.24, 2.45) is 5.92 Å². The predicted molar refractivity (Wildman–Crippen MR) is 54.4 cm³/mol. The van der Waals surface area contributed by atoms with Crippen molar-refractivity contribution in [3.63, 3.8) is 0 Å². The molecular formula is C11H18O4. The van der Waals surface area contributed by atoms with Gasteiger partial charge in [0.05, 0.1) is 6.61 Å². The van der Waals surface area contributed by atoms with Gasteiger partial charge in [0.25, 0.3) is 0 Å². The molecule has 0 aliphatic heterocycles. The van der Waals surface area contributed by atoms with E-state index in [0.29, 0.717) is 12.5 Å². The Morgan fingerprint density at radius 2 is 1.87 bits per heavy atom. The molecule has 15 heavy (non-hydrogen) atoms. The Morgan fingerprint density at radius 3 is 2.47 bits per heavy atom. The van der Waals surface area contributed by atoms with Crippen LogP contribution < -0.4 is 0 Å². The first kappa shape index (κ1) is 12.0. The van der Waals surface area contributed by atoms with E-state index in [1.807, 2.05) is 0 Å². The molecule has 0 saturated heterocycles. The van der Waals surface area contributed by atoms with Crippen LogP contribution in [-0.2, 0) is 14.3 Å². The average molecular weight is 214 g/mol. The van der Waals surface area contributed by atoms with Crippen LogP contribution in [0.15, 0.2) is 0 Å². The van der Waals surface area contributed by atoms with E-state index >= 15 is 0 Å². The summed E-state index contributed by atoms with van der Waals surface area (Å²) in [4.78, 5) is 21.1. The van der Waals surface area contributed by atoms with Gasteiger partial charge in [-0.3, -0.25) is 9.59 Å². The van der Waals surface area contributed by atoms with Crippen LogP contribution in [-0.4, -0.2) is 23.7 Å². The molecule has 0 spiro atoms. The average Bonchev–Trinajstić information content (AvgIpc) is 2.18. The minimum atomic E-state index is -1.13. The number of esters is 1. The highest BCUT2D eigenvalue weighted by molar-refractivity contribution is 5.90. The van der Waals surface area contributed by atoms with Gasteiger partial charge < -0.3 is 9.84 Å². The van der Waals surface area contributed by atoms with Gasteiger partial charge in [0.2, 0.25) is 0 Å². The Bertz CT molecular complexity index is 219. The SMILES string of the molecule is O=C(O)CC(=O)OCCC1CCCCC1. The smallest absolute Gasteiger partial charge is 0.317 e. The number of hydrogen-bond acceptors (Lipinski definition) is 3. The monoisotopic (exact) mass is 214 g/mol. The fraction of sp³-hybridized carbons (Fsp3) is 0.818. The molecule has 0 radical (unpaired) electrons. The zero-order valence-corrected chi connectivity index (χ0v) is 8.91. The molecule has 1 rings (SSSR count). The van der Waals surface area contributed by atoms with Crippen LogP contribution in [0.4, 0.5) is 0 Å². The lowest BCUT2D eigenvalue weighted by atomic mass is 9.87. The Labute approximate surface area is 89.6 Å². The van der Waals surface area contributed by atoms with Gasteiger partial charge in [-0.15, -0.1) is 0 Å². The minimum Gasteiger partial charge on any atom is -0.481 e. The molecule has 4 nitrogen and oxygen atoms in total. The van der Waals surface area contributed by atoms with E-state index < -0.39 is 18.4 Å². The highest BCUT2D eigenvalue weighted by Crippen LogP contribution is 2.26. The van der Waals surface area contributed by atoms with E-state index in [9.17, 15) is 9.59 Å². The maximum atomic E-state index is 10.9. The Balaban J connectivity index is 2.04. The molecule has 1 aliphatic rings. The van der Waals surface area contributed by atoms with Crippen LogP contribution >= 0.6 is 0 Å². The van der Waals surface area contributed by atoms with Crippen molar-refractivity contribution in [1.29, 1.82) is 0 Å². The summed E-state index contributed by atoms with van der Waals surface area (Å²) >= 11 is 0. The molecule has 86 valence electrons. The number of hydrogen-bond donors (Lipinski definition) is 1. The second-order valence-electron chi connectivity index (χ2n) is 4.08. The normalized spacial score (nSPS) is 17.3. The van der Waals surface area contributed by atoms with Crippen molar-refractivity contribution in [2.75, 3.05) is 6.61 Å². The van der Waals surface area contributed by atoms with Crippen molar-refractivity contribution in [3.8, 4) is 0 Å². The van der Waals surface area contributed by atoms with Crippen molar-refractivity contribution < 1.29 is 19.4 Å². The molecule has 0 aromatic rings. The zero-order chi connectivity index (χ0) is 11.1. The molecule has 0 unspecified atom stereocenters. The molecule has 4 heteroatoms. The fourth-order valence-electron chi connectivity index (χ4n) is 1.99. The third kappa shape index (κ3) is 5.40. The third-order valence-corrected chi connectivity index (χ3v) is 2.81. The van der Waals surface area contributed by atoms with Crippen LogP contribution in [0.5, 0.6) is 0 Å². The second-order valence-corrected chi connectivity index (χ2v) is 4.08. The van der Waals surface area contributed by atoms with Crippen LogP contribution in [0.2, 0.25) is 0 Å². The van der Waals surface area contributed by atoms with E-state index in [-0.39, 0.29) is 0 Å². The molecule has 0 atom stereocenters. The van der Waals surface area contributed by atoms with Crippen molar-refractivity contribution in [3.05, 3.63) is 0 Å². The van der Waals surface area contributed by atoms with Crippen LogP contribution in [0.3, 0.4) is 0 Å². The molecular weight excluding hydrogens is 196 g/mol. The van der Waals surface area contributed by atoms with E-state index in [1.54, 1.807) is 0 Å². The number of aliphatic carboxylic acids is 1. The van der Waals surface area contributed by atoms with Gasteiger partial charge in [-0.05, 0) is 12.3 Å². The predicted octanol–water partition coefficient (Wildman–Crippen LogP) is 1.97. The molecule has 0 aromatic heterocycles. The molecule has 0 aromatic carbocycles. The summed E-state index contributed by atoms with van der Waals surface area (Å²) in [5, 5.41) is 8.33. The summed E-state index contributed by atoms with van der Waals surface area (Å²) in [5.41, 5.74) is 0. The first-order valence-corrected chi connectivity index (χ1v) is 5.56. The minimum absolute atomic E-state index is 0.372. The van der Waals surface area contributed by atoms with E-state index in [4.69, 9.17) is 9.84 Å². The lowest BCUT2D eigenvalue weighted by molar-refractivity contribution is -0.151. The first-order valence-electron chi connectivity index (χ1n) is 5.56. The largest absolute Gasteiger partial charge is 0.481 e. The Kier molecular flexibility index (Phi) is 5.15. The fourth-order valence-corrected chi connectivity index (χ4v) is 1.99. The number of carboxylic acid groups (broad SMARTS) is 1. The topological polar surface area (TPSA) is 63.6 Å². The maximum Gasteiger partial charge on any atom is 0.317 e. The third-order valence-electron chi connectivity index (χ3n) is 2.81. The molecule has 1 fully saturated rings. The zero-order valence-electron chi connectivity index (χ0n) is 8.91. The van der Waals surface area contributed by atoms with Crippen LogP contribution in [0, 0.1) is 5.92 Å². The number of rotatable bonds is 5. The van der Waals surface area contributed by atoms with Crippen molar-refractivity contribution in [2.45, 2.75) is 44.9 Å². The Hall–Kier alpha value is -1.06. The van der Waals surface area contributed by atoms with Crippen molar-refractivity contribution in [1.82, 2.24) is 0 Å². The van der Waals surface area contributed by atoms with E-state index in [2.05, 4.69) is 0 Å². The highest BCUT2D eigenvalue weighted by Gasteiger charge is 2.14. The second kappa shape index (κ2) is 6.43. The molecule has 1 aliphatic carbocycles. The van der Waals surface area contributed by atoms with Crippen LogP contribution in [0.25, 0.3) is 0 Å². The lowest BCUT2D eigenvalue weighted by Crippen LogP contribution is -2.14.